The van der Waals surface area contributed by atoms with Gasteiger partial charge in [-0.15, -0.1) is 0 Å². The van der Waals surface area contributed by atoms with E-state index in [0.717, 1.165) is 106 Å². The van der Waals surface area contributed by atoms with Crippen LogP contribution in [-0.2, 0) is 119 Å². The van der Waals surface area contributed by atoms with E-state index < -0.39 is 170 Å². The Morgan fingerprint density at radius 3 is 1.45 bits per heavy atom. The molecule has 80 heavy (non-hydrogen) atoms. The molecule has 0 aromatic rings. The zero-order valence-corrected chi connectivity index (χ0v) is 47.6. The maximum atomic E-state index is 13.4. The number of aldehydes is 1. The number of fused-ring (bicyclic) bond motifs is 3. The quantitative estimate of drug-likeness (QED) is 0.0769. The molecule has 0 spiro atoms. The summed E-state index contributed by atoms with van der Waals surface area (Å²) in [6.45, 7) is 18.4. The third-order valence-corrected chi connectivity index (χ3v) is 16.2. The fourth-order valence-electron chi connectivity index (χ4n) is 13.4. The summed E-state index contributed by atoms with van der Waals surface area (Å²) in [5, 5.41) is 0. The lowest BCUT2D eigenvalue weighted by Crippen LogP contribution is -2.69. The number of carbonyl (C=O) groups excluding carboxylic acids is 10. The molecule has 6 rings (SSSR count). The van der Waals surface area contributed by atoms with E-state index in [4.69, 9.17) is 71.1 Å². The van der Waals surface area contributed by atoms with E-state index in [-0.39, 0.29) is 23.9 Å². The van der Waals surface area contributed by atoms with Crippen molar-refractivity contribution in [1.82, 2.24) is 0 Å². The number of hydrogen-bond acceptors (Lipinski definition) is 25. The minimum absolute atomic E-state index is 0.0179. The highest BCUT2D eigenvalue weighted by Gasteiger charge is 2.64. The molecule has 3 aliphatic heterocycles. The van der Waals surface area contributed by atoms with Crippen LogP contribution in [0.4, 0.5) is 0 Å². The Morgan fingerprint density at radius 2 is 0.950 bits per heavy atom. The predicted molar refractivity (Wildman–Crippen MR) is 267 cm³/mol. The first kappa shape index (κ1) is 63.6. The molecule has 6 aliphatic rings. The van der Waals surface area contributed by atoms with Crippen LogP contribution in [0.3, 0.4) is 0 Å². The number of ether oxygens (including phenoxy) is 15. The second-order valence-corrected chi connectivity index (χ2v) is 22.4. The molecule has 3 aliphatic carbocycles. The van der Waals surface area contributed by atoms with E-state index in [0.29, 0.717) is 19.3 Å². The summed E-state index contributed by atoms with van der Waals surface area (Å²) in [7, 11) is 0. The second-order valence-electron chi connectivity index (χ2n) is 22.4. The Morgan fingerprint density at radius 1 is 0.512 bits per heavy atom. The molecule has 20 atom stereocenters. The summed E-state index contributed by atoms with van der Waals surface area (Å²) in [6.07, 6.45) is -18.5. The molecule has 3 heterocycles. The minimum atomic E-state index is -1.99. The molecule has 10 unspecified atom stereocenters. The Hall–Kier alpha value is -5.60. The van der Waals surface area contributed by atoms with Gasteiger partial charge in [0.2, 0.25) is 0 Å². The molecule has 0 N–H and O–H groups in total. The van der Waals surface area contributed by atoms with Crippen LogP contribution in [0.25, 0.3) is 0 Å². The molecule has 0 aromatic carbocycles. The molecule has 25 nitrogen and oxygen atoms in total. The third-order valence-electron chi connectivity index (χ3n) is 16.2. The average molecular weight is 1140 g/mol. The summed E-state index contributed by atoms with van der Waals surface area (Å²) in [4.78, 5) is 128. The Kier molecular flexibility index (Phi) is 21.1. The van der Waals surface area contributed by atoms with Crippen molar-refractivity contribution in [2.75, 3.05) is 19.8 Å². The molecule has 0 amide bonds. The van der Waals surface area contributed by atoms with Crippen molar-refractivity contribution in [2.24, 2.45) is 28.1 Å². The number of rotatable bonds is 19. The maximum absolute atomic E-state index is 13.4. The van der Waals surface area contributed by atoms with Crippen molar-refractivity contribution in [3.8, 4) is 0 Å². The standard InChI is InChI=1S/C55H78O25/c1-26-15-16-40-54(13)19-14-18-53(12,24-56)39(54)17-20-55(40,21-26)25-68-50-47(80-51-48(75-35(10)64)44(73-33(8)62)41(27(2)69-51)70-30(5)59)46(43(72-32(7)61)37(77-50)22-66-28(3)57)79-52-49(76-36(11)65)45(74-34(9)63)42(71-31(6)60)38(78-52)23-67-29(4)58/h24,27,37-52H,1,14-23,25H2,2-13H3/t27?,37?,38?,39?,40-,41-,42+,43+,44?,45?,46?,47?,48?,49?,50+,51-,52-,53-,54+,55+/m0/s1. The first-order valence-corrected chi connectivity index (χ1v) is 27.0. The fraction of sp³-hybridized carbons (Fsp3) is 0.782. The van der Waals surface area contributed by atoms with Crippen LogP contribution >= 0.6 is 0 Å². The highest BCUT2D eigenvalue weighted by Crippen LogP contribution is 2.68. The molecular formula is C55H78O25. The van der Waals surface area contributed by atoms with E-state index in [1.54, 1.807) is 0 Å². The molecule has 0 bridgehead atoms. The lowest BCUT2D eigenvalue weighted by Gasteiger charge is -2.64. The van der Waals surface area contributed by atoms with Gasteiger partial charge in [-0.2, -0.15) is 0 Å². The Balaban J connectivity index is 1.57. The summed E-state index contributed by atoms with van der Waals surface area (Å²) >= 11 is 0. The van der Waals surface area contributed by atoms with Gasteiger partial charge in [0, 0.05) is 73.1 Å². The zero-order chi connectivity index (χ0) is 59.2. The number of hydrogen-bond donors (Lipinski definition) is 0. The smallest absolute Gasteiger partial charge is 0.303 e. The second kappa shape index (κ2) is 26.5. The summed E-state index contributed by atoms with van der Waals surface area (Å²) < 4.78 is 91.4. The van der Waals surface area contributed by atoms with Crippen LogP contribution in [0.1, 0.15) is 134 Å². The van der Waals surface area contributed by atoms with Crippen molar-refractivity contribution in [3.05, 3.63) is 12.2 Å². The first-order chi connectivity index (χ1) is 37.5. The van der Waals surface area contributed by atoms with Gasteiger partial charge >= 0.3 is 53.7 Å². The summed E-state index contributed by atoms with van der Waals surface area (Å²) in [5.41, 5.74) is -0.564. The Bertz CT molecular complexity index is 2340. The first-order valence-electron chi connectivity index (χ1n) is 27.0. The SMILES string of the molecule is C=C1CC[C@@H]2[C@](CO[C@@H]3OC(COC(C)=O)[C@@H](OC(C)=O)C(O[C@@H]4OC(COC(C)=O)[C@@H](OC(C)=O)C(OC(C)=O)C4OC(C)=O)C3O[C@@H]3OC(C)[C@H](OC(C)=O)C(OC(C)=O)C3OC(C)=O)(CCC3[C@](C)(C=O)CCC[C@]32C)C1. The van der Waals surface area contributed by atoms with E-state index in [1.807, 2.05) is 6.92 Å². The van der Waals surface area contributed by atoms with Crippen molar-refractivity contribution in [3.63, 3.8) is 0 Å². The fourth-order valence-corrected chi connectivity index (χ4v) is 13.4. The molecule has 448 valence electrons. The van der Waals surface area contributed by atoms with Gasteiger partial charge in [0.1, 0.15) is 43.9 Å². The monoisotopic (exact) mass is 1140 g/mol. The normalized spacial score (nSPS) is 38.5. The summed E-state index contributed by atoms with van der Waals surface area (Å²) in [6, 6.07) is 0. The molecule has 6 fully saturated rings. The molecule has 3 saturated heterocycles. The largest absolute Gasteiger partial charge is 0.463 e. The molecule has 0 radical (unpaired) electrons. The van der Waals surface area contributed by atoms with E-state index >= 15 is 0 Å². The van der Waals surface area contributed by atoms with Gasteiger partial charge in [0.25, 0.3) is 0 Å². The maximum Gasteiger partial charge on any atom is 0.303 e. The van der Waals surface area contributed by atoms with Gasteiger partial charge in [-0.3, -0.25) is 43.2 Å². The molecule has 3 saturated carbocycles. The topological polar surface area (TPSA) is 309 Å². The van der Waals surface area contributed by atoms with Crippen molar-refractivity contribution in [1.29, 1.82) is 0 Å². The van der Waals surface area contributed by atoms with Crippen molar-refractivity contribution >= 4 is 60.0 Å². The van der Waals surface area contributed by atoms with Gasteiger partial charge in [-0.05, 0) is 69.1 Å². The zero-order valence-electron chi connectivity index (χ0n) is 47.6. The van der Waals surface area contributed by atoms with Crippen LogP contribution < -0.4 is 0 Å². The van der Waals surface area contributed by atoms with Crippen LogP contribution in [0.5, 0.6) is 0 Å². The lowest BCUT2D eigenvalue weighted by molar-refractivity contribution is -0.393. The number of esters is 9. The van der Waals surface area contributed by atoms with Crippen LogP contribution in [0.15, 0.2) is 12.2 Å². The van der Waals surface area contributed by atoms with Crippen LogP contribution in [0.2, 0.25) is 0 Å². The van der Waals surface area contributed by atoms with Gasteiger partial charge in [0.15, 0.2) is 61.6 Å². The van der Waals surface area contributed by atoms with E-state index in [1.165, 1.54) is 6.92 Å². The number of allylic oxidation sites excluding steroid dienone is 1. The van der Waals surface area contributed by atoms with Crippen molar-refractivity contribution in [2.45, 2.75) is 227 Å². The van der Waals surface area contributed by atoms with E-state index in [2.05, 4.69) is 13.5 Å². The van der Waals surface area contributed by atoms with E-state index in [9.17, 15) is 47.9 Å². The van der Waals surface area contributed by atoms with Gasteiger partial charge < -0.3 is 75.8 Å². The average Bonchev–Trinajstić information content (AvgIpc) is 3.55. The molecule has 25 heteroatoms. The number of carbonyl (C=O) groups is 10. The van der Waals surface area contributed by atoms with Gasteiger partial charge in [0.05, 0.1) is 12.7 Å². The van der Waals surface area contributed by atoms with Gasteiger partial charge in [-0.1, -0.05) is 32.4 Å². The predicted octanol–water partition coefficient (Wildman–Crippen LogP) is 3.76. The highest BCUT2D eigenvalue weighted by molar-refractivity contribution is 5.70. The highest BCUT2D eigenvalue weighted by atomic mass is 16.8. The van der Waals surface area contributed by atoms with Crippen LogP contribution in [-0.4, -0.2) is 172 Å². The van der Waals surface area contributed by atoms with Gasteiger partial charge in [-0.25, -0.2) is 0 Å². The Labute approximate surface area is 464 Å². The van der Waals surface area contributed by atoms with Crippen LogP contribution in [0, 0.1) is 28.1 Å². The summed E-state index contributed by atoms with van der Waals surface area (Å²) in [5.74, 6) is -7.98. The minimum Gasteiger partial charge on any atom is -0.463 e. The van der Waals surface area contributed by atoms with Crippen molar-refractivity contribution < 1.29 is 119 Å². The molecular weight excluding hydrogens is 1060 g/mol. The molecule has 0 aromatic heterocycles. The lowest BCUT2D eigenvalue weighted by atomic mass is 9.40. The third kappa shape index (κ3) is 14.9.